The molecule has 17 heavy (non-hydrogen) atoms. The van der Waals surface area contributed by atoms with Crippen LogP contribution in [0, 0.1) is 5.92 Å². The van der Waals surface area contributed by atoms with Crippen LogP contribution in [0.1, 0.15) is 52.9 Å². The summed E-state index contributed by atoms with van der Waals surface area (Å²) in [5, 5.41) is 0. The van der Waals surface area contributed by atoms with Crippen molar-refractivity contribution in [1.82, 2.24) is 4.90 Å². The topological polar surface area (TPSA) is 29.5 Å². The lowest BCUT2D eigenvalue weighted by Gasteiger charge is -2.36. The van der Waals surface area contributed by atoms with E-state index in [2.05, 4.69) is 18.7 Å². The molecule has 0 N–H and O–H groups in total. The van der Waals surface area contributed by atoms with Crippen LogP contribution in [-0.2, 0) is 9.53 Å². The van der Waals surface area contributed by atoms with Crippen molar-refractivity contribution in [2.45, 2.75) is 58.9 Å². The third kappa shape index (κ3) is 4.30. The maximum absolute atomic E-state index is 11.9. The van der Waals surface area contributed by atoms with Gasteiger partial charge in [0.05, 0.1) is 6.61 Å². The van der Waals surface area contributed by atoms with Crippen molar-refractivity contribution >= 4 is 5.97 Å². The Morgan fingerprint density at radius 3 is 2.41 bits per heavy atom. The van der Waals surface area contributed by atoms with Crippen molar-refractivity contribution in [3.8, 4) is 0 Å². The number of piperidine rings is 1. The van der Waals surface area contributed by atoms with Gasteiger partial charge in [0.2, 0.25) is 0 Å². The van der Waals surface area contributed by atoms with Crippen molar-refractivity contribution in [3.05, 3.63) is 0 Å². The minimum absolute atomic E-state index is 0.00208. The fraction of sp³-hybridized carbons (Fsp3) is 0.929. The standard InChI is InChI=1S/C14H27NO2/c1-4-7-13(14(16)17-6-3)15-10-8-12(5-2)9-11-15/h12-13H,4-11H2,1-3H3. The van der Waals surface area contributed by atoms with E-state index in [1.54, 1.807) is 0 Å². The van der Waals surface area contributed by atoms with Crippen molar-refractivity contribution in [1.29, 1.82) is 0 Å². The summed E-state index contributed by atoms with van der Waals surface area (Å²) in [4.78, 5) is 14.2. The maximum atomic E-state index is 11.9. The zero-order valence-corrected chi connectivity index (χ0v) is 11.6. The van der Waals surface area contributed by atoms with E-state index in [1.807, 2.05) is 6.92 Å². The molecule has 1 aliphatic heterocycles. The zero-order valence-electron chi connectivity index (χ0n) is 11.6. The number of hydrogen-bond acceptors (Lipinski definition) is 3. The molecule has 3 nitrogen and oxygen atoms in total. The highest BCUT2D eigenvalue weighted by atomic mass is 16.5. The molecule has 100 valence electrons. The Kier molecular flexibility index (Phi) is 6.56. The molecule has 1 rings (SSSR count). The highest BCUT2D eigenvalue weighted by Crippen LogP contribution is 2.23. The smallest absolute Gasteiger partial charge is 0.323 e. The van der Waals surface area contributed by atoms with Crippen LogP contribution in [0.15, 0.2) is 0 Å². The summed E-state index contributed by atoms with van der Waals surface area (Å²) in [7, 11) is 0. The van der Waals surface area contributed by atoms with Gasteiger partial charge in [-0.1, -0.05) is 26.7 Å². The van der Waals surface area contributed by atoms with E-state index in [0.717, 1.165) is 31.8 Å². The van der Waals surface area contributed by atoms with Gasteiger partial charge >= 0.3 is 5.97 Å². The normalized spacial score (nSPS) is 20.2. The van der Waals surface area contributed by atoms with Crippen LogP contribution in [0.25, 0.3) is 0 Å². The van der Waals surface area contributed by atoms with E-state index in [1.165, 1.54) is 19.3 Å². The van der Waals surface area contributed by atoms with Gasteiger partial charge in [-0.05, 0) is 45.2 Å². The molecule has 0 aliphatic carbocycles. The van der Waals surface area contributed by atoms with E-state index in [4.69, 9.17) is 4.74 Å². The molecule has 0 aromatic heterocycles. The van der Waals surface area contributed by atoms with Crippen molar-refractivity contribution < 1.29 is 9.53 Å². The largest absolute Gasteiger partial charge is 0.465 e. The second-order valence-electron chi connectivity index (χ2n) is 4.94. The van der Waals surface area contributed by atoms with Gasteiger partial charge in [0.25, 0.3) is 0 Å². The number of nitrogens with zero attached hydrogens (tertiary/aromatic N) is 1. The van der Waals surface area contributed by atoms with Crippen LogP contribution in [-0.4, -0.2) is 36.6 Å². The minimum atomic E-state index is -0.0238. The summed E-state index contributed by atoms with van der Waals surface area (Å²) in [6.07, 6.45) is 5.70. The summed E-state index contributed by atoms with van der Waals surface area (Å²) in [5.41, 5.74) is 0. The van der Waals surface area contributed by atoms with Crippen molar-refractivity contribution in [2.24, 2.45) is 5.92 Å². The number of carbonyl (C=O) groups excluding carboxylic acids is 1. The van der Waals surface area contributed by atoms with Gasteiger partial charge in [0.1, 0.15) is 6.04 Å². The fourth-order valence-corrected chi connectivity index (χ4v) is 2.63. The number of carbonyl (C=O) groups is 1. The lowest BCUT2D eigenvalue weighted by atomic mass is 9.93. The second kappa shape index (κ2) is 7.70. The quantitative estimate of drug-likeness (QED) is 0.670. The summed E-state index contributed by atoms with van der Waals surface area (Å²) in [5.74, 6) is 0.833. The molecule has 1 aliphatic rings. The second-order valence-corrected chi connectivity index (χ2v) is 4.94. The van der Waals surface area contributed by atoms with E-state index in [0.29, 0.717) is 6.61 Å². The molecular weight excluding hydrogens is 214 g/mol. The van der Waals surface area contributed by atoms with Gasteiger partial charge < -0.3 is 4.74 Å². The van der Waals surface area contributed by atoms with Crippen LogP contribution >= 0.6 is 0 Å². The van der Waals surface area contributed by atoms with E-state index >= 15 is 0 Å². The Balaban J connectivity index is 2.50. The molecule has 1 fully saturated rings. The van der Waals surface area contributed by atoms with Gasteiger partial charge in [-0.15, -0.1) is 0 Å². The Morgan fingerprint density at radius 1 is 1.29 bits per heavy atom. The average Bonchev–Trinajstić information content (AvgIpc) is 2.36. The highest BCUT2D eigenvalue weighted by molar-refractivity contribution is 5.75. The van der Waals surface area contributed by atoms with Gasteiger partial charge in [0, 0.05) is 0 Å². The molecule has 1 heterocycles. The first kappa shape index (κ1) is 14.5. The SMILES string of the molecule is CCCC(C(=O)OCC)N1CCC(CC)CC1. The molecule has 1 saturated heterocycles. The number of rotatable bonds is 6. The Bertz CT molecular complexity index is 222. The summed E-state index contributed by atoms with van der Waals surface area (Å²) in [6.45, 7) is 8.87. The molecule has 1 atom stereocenters. The fourth-order valence-electron chi connectivity index (χ4n) is 2.63. The number of esters is 1. The average molecular weight is 241 g/mol. The molecule has 0 bridgehead atoms. The molecular formula is C14H27NO2. The minimum Gasteiger partial charge on any atom is -0.465 e. The number of likely N-dealkylation sites (tertiary alicyclic amines) is 1. The van der Waals surface area contributed by atoms with Crippen LogP contribution in [0.2, 0.25) is 0 Å². The van der Waals surface area contributed by atoms with Gasteiger partial charge in [-0.2, -0.15) is 0 Å². The molecule has 0 radical (unpaired) electrons. The molecule has 0 aromatic carbocycles. The van der Waals surface area contributed by atoms with Crippen LogP contribution in [0.3, 0.4) is 0 Å². The lowest BCUT2D eigenvalue weighted by Crippen LogP contribution is -2.46. The van der Waals surface area contributed by atoms with Crippen molar-refractivity contribution in [3.63, 3.8) is 0 Å². The first-order valence-corrected chi connectivity index (χ1v) is 7.13. The Labute approximate surface area is 106 Å². The van der Waals surface area contributed by atoms with Crippen LogP contribution < -0.4 is 0 Å². The van der Waals surface area contributed by atoms with Gasteiger partial charge in [0.15, 0.2) is 0 Å². The predicted molar refractivity (Wildman–Crippen MR) is 69.9 cm³/mol. The Hall–Kier alpha value is -0.570. The van der Waals surface area contributed by atoms with E-state index in [9.17, 15) is 4.79 Å². The highest BCUT2D eigenvalue weighted by Gasteiger charge is 2.29. The third-order valence-electron chi connectivity index (χ3n) is 3.79. The number of hydrogen-bond donors (Lipinski definition) is 0. The van der Waals surface area contributed by atoms with Crippen molar-refractivity contribution in [2.75, 3.05) is 19.7 Å². The molecule has 0 spiro atoms. The molecule has 1 unspecified atom stereocenters. The third-order valence-corrected chi connectivity index (χ3v) is 3.79. The molecule has 0 aromatic rings. The molecule has 0 amide bonds. The predicted octanol–water partition coefficient (Wildman–Crippen LogP) is 2.84. The van der Waals surface area contributed by atoms with E-state index in [-0.39, 0.29) is 12.0 Å². The summed E-state index contributed by atoms with van der Waals surface area (Å²) < 4.78 is 5.18. The number of ether oxygens (including phenoxy) is 1. The monoisotopic (exact) mass is 241 g/mol. The van der Waals surface area contributed by atoms with Gasteiger partial charge in [-0.25, -0.2) is 0 Å². The first-order chi connectivity index (χ1) is 8.22. The van der Waals surface area contributed by atoms with Crippen LogP contribution in [0.4, 0.5) is 0 Å². The van der Waals surface area contributed by atoms with Crippen LogP contribution in [0.5, 0.6) is 0 Å². The van der Waals surface area contributed by atoms with E-state index < -0.39 is 0 Å². The zero-order chi connectivity index (χ0) is 12.7. The summed E-state index contributed by atoms with van der Waals surface area (Å²) in [6, 6.07) is -0.00208. The lowest BCUT2D eigenvalue weighted by molar-refractivity contribution is -0.150. The van der Waals surface area contributed by atoms with Gasteiger partial charge in [-0.3, -0.25) is 9.69 Å². The first-order valence-electron chi connectivity index (χ1n) is 7.13. The molecule has 3 heteroatoms. The molecule has 0 saturated carbocycles. The summed E-state index contributed by atoms with van der Waals surface area (Å²) >= 11 is 0. The maximum Gasteiger partial charge on any atom is 0.323 e. The Morgan fingerprint density at radius 2 is 1.94 bits per heavy atom.